The van der Waals surface area contributed by atoms with Crippen molar-refractivity contribution in [1.82, 2.24) is 19.8 Å². The molecule has 1 amide bonds. The van der Waals surface area contributed by atoms with E-state index in [0.717, 1.165) is 32.2 Å². The highest BCUT2D eigenvalue weighted by Gasteiger charge is 2.35. The number of carbonyl (C=O) groups is 1. The van der Waals surface area contributed by atoms with Crippen molar-refractivity contribution in [3.05, 3.63) is 53.1 Å². The van der Waals surface area contributed by atoms with Crippen LogP contribution < -0.4 is 10.2 Å². The Balaban J connectivity index is 0.00000187. The van der Waals surface area contributed by atoms with Crippen LogP contribution in [0.3, 0.4) is 0 Å². The van der Waals surface area contributed by atoms with Crippen molar-refractivity contribution < 1.29 is 18.7 Å². The number of fused-ring (bicyclic) bond motifs is 1. The van der Waals surface area contributed by atoms with Crippen molar-refractivity contribution in [2.75, 3.05) is 43.6 Å². The van der Waals surface area contributed by atoms with Crippen LogP contribution in [-0.4, -0.2) is 76.3 Å². The molecule has 0 bridgehead atoms. The van der Waals surface area contributed by atoms with E-state index in [0.29, 0.717) is 35.8 Å². The van der Waals surface area contributed by atoms with Gasteiger partial charge in [0.2, 0.25) is 11.9 Å². The minimum atomic E-state index is -0.548. The van der Waals surface area contributed by atoms with Crippen LogP contribution in [0.25, 0.3) is 10.9 Å². The number of aliphatic hydroxyl groups is 1. The van der Waals surface area contributed by atoms with Crippen LogP contribution in [0.1, 0.15) is 25.7 Å². The van der Waals surface area contributed by atoms with E-state index in [9.17, 15) is 18.7 Å². The van der Waals surface area contributed by atoms with Crippen LogP contribution >= 0.6 is 49.9 Å². The lowest BCUT2D eigenvalue weighted by molar-refractivity contribution is -0.138. The predicted molar refractivity (Wildman–Crippen MR) is 164 cm³/mol. The first-order valence-electron chi connectivity index (χ1n) is 12.4. The Hall–Kier alpha value is -2.15. The maximum atomic E-state index is 14.5. The first-order valence-corrected chi connectivity index (χ1v) is 12.8. The molecule has 8 nitrogen and oxygen atoms in total. The number of aliphatic hydroxyl groups excluding tert-OH is 1. The Morgan fingerprint density at radius 1 is 1.10 bits per heavy atom. The molecule has 3 aromatic rings. The van der Waals surface area contributed by atoms with E-state index in [1.165, 1.54) is 24.3 Å². The number of aromatic nitrogens is 2. The number of nitrogens with one attached hydrogen (secondary N) is 1. The van der Waals surface area contributed by atoms with Gasteiger partial charge < -0.3 is 20.2 Å². The Labute approximate surface area is 256 Å². The Kier molecular flexibility index (Phi) is 12.5. The maximum absolute atomic E-state index is 14.5. The zero-order valence-corrected chi connectivity index (χ0v) is 25.2. The largest absolute Gasteiger partial charge is 0.381 e. The number of benzene rings is 2. The second kappa shape index (κ2) is 14.7. The third-order valence-electron chi connectivity index (χ3n) is 7.30. The monoisotopic (exact) mass is 636 g/mol. The van der Waals surface area contributed by atoms with Gasteiger partial charge in [0.1, 0.15) is 17.5 Å². The van der Waals surface area contributed by atoms with Gasteiger partial charge in [0.15, 0.2) is 0 Å². The van der Waals surface area contributed by atoms with Gasteiger partial charge in [0.25, 0.3) is 0 Å². The van der Waals surface area contributed by atoms with Gasteiger partial charge in [0, 0.05) is 43.1 Å². The Morgan fingerprint density at radius 3 is 2.50 bits per heavy atom. The smallest absolute Gasteiger partial charge is 0.239 e. The zero-order valence-electron chi connectivity index (χ0n) is 21.8. The number of nitrogens with zero attached hydrogens (tertiary/aromatic N) is 5. The second-order valence-corrected chi connectivity index (χ2v) is 10.00. The van der Waals surface area contributed by atoms with Crippen molar-refractivity contribution in [2.24, 2.45) is 0 Å². The third-order valence-corrected chi connectivity index (χ3v) is 7.54. The quantitative estimate of drug-likeness (QED) is 0.389. The lowest BCUT2D eigenvalue weighted by Gasteiger charge is -2.38. The van der Waals surface area contributed by atoms with Gasteiger partial charge in [-0.25, -0.2) is 13.8 Å². The number of hydrogen-bond donors (Lipinski definition) is 2. The van der Waals surface area contributed by atoms with E-state index < -0.39 is 11.6 Å². The molecule has 0 spiro atoms. The first kappa shape index (κ1) is 34.1. The molecule has 0 aliphatic carbocycles. The van der Waals surface area contributed by atoms with Crippen LogP contribution in [0.15, 0.2) is 36.4 Å². The second-order valence-electron chi connectivity index (χ2n) is 9.56. The lowest BCUT2D eigenvalue weighted by atomic mass is 10.0. The number of likely N-dealkylation sites (tertiary alicyclic amines) is 1. The lowest BCUT2D eigenvalue weighted by Crippen LogP contribution is -2.51. The number of carbonyl (C=O) groups excluding carboxylic acids is 1. The number of piperidine rings is 1. The van der Waals surface area contributed by atoms with E-state index in [1.54, 1.807) is 12.1 Å². The molecule has 220 valence electrons. The van der Waals surface area contributed by atoms with E-state index in [4.69, 9.17) is 11.6 Å². The van der Waals surface area contributed by atoms with Crippen molar-refractivity contribution in [3.63, 3.8) is 0 Å². The van der Waals surface area contributed by atoms with Crippen LogP contribution in [0.4, 0.5) is 26.2 Å². The number of likely N-dealkylation sites (N-methyl/N-ethyl adjacent to an activating group) is 1. The zero-order chi connectivity index (χ0) is 26.1. The van der Waals surface area contributed by atoms with Crippen molar-refractivity contribution in [2.45, 2.75) is 37.8 Å². The molecule has 40 heavy (non-hydrogen) atoms. The standard InChI is InChI=1S/C26H29ClF2N6O2.2ClH.H2S/c1-33(25(37)23-3-2-10-35(23)15-36)18-8-11-34(12-9-18)26-31-21-7-5-17(28)14-19(21)24(32-26)30-22-6-4-16(27)13-20(22)29;;;/h4-7,13-14,18,23,36H,2-3,8-12,15H2,1H3,(H,30,31,32);2*1H;1H2/t23-;;;/m0.../s1. The molecule has 2 aliphatic heterocycles. The van der Waals surface area contributed by atoms with Gasteiger partial charge in [-0.2, -0.15) is 18.5 Å². The molecule has 14 heteroatoms. The van der Waals surface area contributed by atoms with E-state index in [1.807, 2.05) is 21.7 Å². The Bertz CT molecular complexity index is 1320. The fourth-order valence-corrected chi connectivity index (χ4v) is 5.35. The Morgan fingerprint density at radius 2 is 1.82 bits per heavy atom. The highest BCUT2D eigenvalue weighted by atomic mass is 35.5. The molecular formula is C26H33Cl3F2N6O2S. The minimum Gasteiger partial charge on any atom is -0.381 e. The van der Waals surface area contributed by atoms with Gasteiger partial charge in [-0.1, -0.05) is 11.6 Å². The summed E-state index contributed by atoms with van der Waals surface area (Å²) in [7, 11) is 1.83. The van der Waals surface area contributed by atoms with Crippen molar-refractivity contribution in [1.29, 1.82) is 0 Å². The van der Waals surface area contributed by atoms with Crippen molar-refractivity contribution >= 4 is 84.2 Å². The molecule has 1 atom stereocenters. The van der Waals surface area contributed by atoms with Gasteiger partial charge in [-0.15, -0.1) is 24.8 Å². The third kappa shape index (κ3) is 7.18. The minimum absolute atomic E-state index is 0. The van der Waals surface area contributed by atoms with Crippen LogP contribution in [-0.2, 0) is 4.79 Å². The highest BCUT2D eigenvalue weighted by Crippen LogP contribution is 2.31. The summed E-state index contributed by atoms with van der Waals surface area (Å²) in [5.41, 5.74) is 0.699. The van der Waals surface area contributed by atoms with E-state index in [-0.39, 0.29) is 73.7 Å². The highest BCUT2D eigenvalue weighted by molar-refractivity contribution is 7.59. The van der Waals surface area contributed by atoms with Crippen LogP contribution in [0, 0.1) is 11.6 Å². The van der Waals surface area contributed by atoms with Gasteiger partial charge >= 0.3 is 0 Å². The number of anilines is 3. The summed E-state index contributed by atoms with van der Waals surface area (Å²) < 4.78 is 28.5. The van der Waals surface area contributed by atoms with E-state index in [2.05, 4.69) is 15.3 Å². The number of hydrogen-bond acceptors (Lipinski definition) is 7. The topological polar surface area (TPSA) is 84.8 Å². The molecule has 3 heterocycles. The van der Waals surface area contributed by atoms with Gasteiger partial charge in [-0.05, 0) is 62.1 Å². The average molecular weight is 638 g/mol. The summed E-state index contributed by atoms with van der Waals surface area (Å²) >= 11 is 5.88. The molecule has 2 aliphatic rings. The predicted octanol–water partition coefficient (Wildman–Crippen LogP) is 5.10. The first-order chi connectivity index (χ1) is 17.8. The summed E-state index contributed by atoms with van der Waals surface area (Å²) in [5, 5.41) is 13.2. The molecule has 2 N–H and O–H groups in total. The number of halogens is 5. The molecule has 2 saturated heterocycles. The SMILES string of the molecule is CN(C(=O)[C@@H]1CCCN1CO)C1CCN(c2nc(Nc3ccc(Cl)cc3F)c3cc(F)ccc3n2)CC1.Cl.Cl.S. The normalized spacial score (nSPS) is 17.5. The molecule has 2 aromatic carbocycles. The van der Waals surface area contributed by atoms with E-state index >= 15 is 0 Å². The summed E-state index contributed by atoms with van der Waals surface area (Å²) in [6, 6.07) is 8.30. The molecule has 0 saturated carbocycles. The van der Waals surface area contributed by atoms with Crippen molar-refractivity contribution in [3.8, 4) is 0 Å². The summed E-state index contributed by atoms with van der Waals surface area (Å²) in [6.07, 6.45) is 3.13. The molecule has 2 fully saturated rings. The summed E-state index contributed by atoms with van der Waals surface area (Å²) in [4.78, 5) is 28.0. The number of rotatable bonds is 6. The molecule has 0 radical (unpaired) electrons. The maximum Gasteiger partial charge on any atom is 0.239 e. The summed E-state index contributed by atoms with van der Waals surface area (Å²) in [5.74, 6) is -0.205. The molecular weight excluding hydrogens is 605 g/mol. The molecule has 5 rings (SSSR count). The van der Waals surface area contributed by atoms with Gasteiger partial charge in [0.05, 0.1) is 24.0 Å². The number of amides is 1. The summed E-state index contributed by atoms with van der Waals surface area (Å²) in [6.45, 7) is 1.87. The molecule has 0 unspecified atom stereocenters. The average Bonchev–Trinajstić information content (AvgIpc) is 3.38. The molecule has 1 aromatic heterocycles. The van der Waals surface area contributed by atoms with Gasteiger partial charge in [-0.3, -0.25) is 9.69 Å². The fraction of sp³-hybridized carbons (Fsp3) is 0.423. The van der Waals surface area contributed by atoms with Crippen LogP contribution in [0.2, 0.25) is 5.02 Å². The fourth-order valence-electron chi connectivity index (χ4n) is 5.19. The van der Waals surface area contributed by atoms with Crippen LogP contribution in [0.5, 0.6) is 0 Å².